The number of aromatic nitrogens is 1. The van der Waals surface area contributed by atoms with E-state index in [1.807, 2.05) is 12.1 Å². The molecule has 0 aliphatic carbocycles. The number of hydrogen-bond acceptors (Lipinski definition) is 2. The minimum Gasteiger partial charge on any atom is -0.618 e. The molecule has 23 heavy (non-hydrogen) atoms. The Labute approximate surface area is 138 Å². The smallest absolute Gasteiger partial charge is 0.200 e. The lowest BCUT2D eigenvalue weighted by Crippen LogP contribution is -2.40. The van der Waals surface area contributed by atoms with E-state index in [-0.39, 0.29) is 16.9 Å². The Morgan fingerprint density at radius 2 is 1.91 bits per heavy atom. The first-order valence-corrected chi connectivity index (χ1v) is 8.19. The van der Waals surface area contributed by atoms with Crippen molar-refractivity contribution in [2.24, 2.45) is 0 Å². The van der Waals surface area contributed by atoms with Crippen molar-refractivity contribution in [2.45, 2.75) is 58.0 Å². The van der Waals surface area contributed by atoms with Crippen molar-refractivity contribution in [3.8, 4) is 5.75 Å². The average molecular weight is 311 g/mol. The Bertz CT molecular complexity index is 729. The van der Waals surface area contributed by atoms with Crippen molar-refractivity contribution >= 4 is 0 Å². The summed E-state index contributed by atoms with van der Waals surface area (Å²) < 4.78 is 7.15. The van der Waals surface area contributed by atoms with Gasteiger partial charge in [0.1, 0.15) is 11.4 Å². The molecule has 1 aliphatic heterocycles. The van der Waals surface area contributed by atoms with E-state index in [0.717, 1.165) is 28.2 Å². The fourth-order valence-corrected chi connectivity index (χ4v) is 3.30. The third-order valence-electron chi connectivity index (χ3n) is 4.54. The normalized spacial score (nSPS) is 19.8. The highest BCUT2D eigenvalue weighted by molar-refractivity contribution is 5.46. The van der Waals surface area contributed by atoms with E-state index in [1.165, 1.54) is 5.56 Å². The first-order valence-electron chi connectivity index (χ1n) is 8.19. The summed E-state index contributed by atoms with van der Waals surface area (Å²) in [4.78, 5) is 0. The van der Waals surface area contributed by atoms with Crippen molar-refractivity contribution in [2.75, 3.05) is 0 Å². The van der Waals surface area contributed by atoms with Crippen LogP contribution in [0.15, 0.2) is 42.6 Å². The molecule has 1 aliphatic rings. The van der Waals surface area contributed by atoms with Crippen LogP contribution in [0.3, 0.4) is 0 Å². The number of hydrogen-bond donors (Lipinski definition) is 0. The van der Waals surface area contributed by atoms with Gasteiger partial charge in [0.05, 0.1) is 5.92 Å². The second-order valence-electron chi connectivity index (χ2n) is 8.07. The molecule has 3 nitrogen and oxygen atoms in total. The van der Waals surface area contributed by atoms with Gasteiger partial charge in [-0.15, -0.1) is 0 Å². The molecular formula is C20H25NO2. The third-order valence-corrected chi connectivity index (χ3v) is 4.54. The highest BCUT2D eigenvalue weighted by atomic mass is 16.5. The van der Waals surface area contributed by atoms with E-state index in [4.69, 9.17) is 4.74 Å². The molecule has 1 aromatic heterocycles. The van der Waals surface area contributed by atoms with Crippen LogP contribution in [0.5, 0.6) is 5.75 Å². The number of nitrogens with zero attached hydrogens (tertiary/aromatic N) is 1. The van der Waals surface area contributed by atoms with Gasteiger partial charge in [0.2, 0.25) is 5.69 Å². The Morgan fingerprint density at radius 1 is 1.17 bits per heavy atom. The largest absolute Gasteiger partial charge is 0.618 e. The molecule has 1 atom stereocenters. The Balaban J connectivity index is 2.17. The van der Waals surface area contributed by atoms with Crippen LogP contribution in [0.1, 0.15) is 63.8 Å². The van der Waals surface area contributed by atoms with Crippen LogP contribution < -0.4 is 9.47 Å². The minimum absolute atomic E-state index is 0.0507. The monoisotopic (exact) mass is 311 g/mol. The number of fused-ring (bicyclic) bond motifs is 1. The summed E-state index contributed by atoms with van der Waals surface area (Å²) in [6.07, 6.45) is 2.37. The van der Waals surface area contributed by atoms with Crippen molar-refractivity contribution in [1.82, 2.24) is 0 Å². The fourth-order valence-electron chi connectivity index (χ4n) is 3.30. The third kappa shape index (κ3) is 3.05. The van der Waals surface area contributed by atoms with Gasteiger partial charge in [0.25, 0.3) is 0 Å². The van der Waals surface area contributed by atoms with Gasteiger partial charge in [-0.1, -0.05) is 32.9 Å². The van der Waals surface area contributed by atoms with E-state index in [1.54, 1.807) is 12.3 Å². The average Bonchev–Trinajstić information content (AvgIpc) is 2.44. The summed E-state index contributed by atoms with van der Waals surface area (Å²) in [7, 11) is 0. The summed E-state index contributed by atoms with van der Waals surface area (Å²) in [6.45, 7) is 10.8. The minimum atomic E-state index is -0.288. The van der Waals surface area contributed by atoms with Gasteiger partial charge >= 0.3 is 0 Å². The Kier molecular flexibility index (Phi) is 3.62. The van der Waals surface area contributed by atoms with E-state index in [0.29, 0.717) is 0 Å². The molecule has 0 spiro atoms. The summed E-state index contributed by atoms with van der Waals surface area (Å²) in [5, 5.41) is 12.3. The van der Waals surface area contributed by atoms with Gasteiger partial charge in [-0.2, -0.15) is 4.73 Å². The van der Waals surface area contributed by atoms with E-state index in [2.05, 4.69) is 52.8 Å². The van der Waals surface area contributed by atoms with Gasteiger partial charge in [0, 0.05) is 24.1 Å². The number of ether oxygens (including phenoxy) is 1. The standard InChI is InChI=1S/C20H25NO2/c1-19(2,3)14-9-10-18-15(12-14)16(13-20(4,5)23-18)17-8-6-7-11-21(17)22/h6-12,16H,13H2,1-5H3. The molecule has 2 aromatic rings. The van der Waals surface area contributed by atoms with Crippen LogP contribution in [0.4, 0.5) is 0 Å². The summed E-state index contributed by atoms with van der Waals surface area (Å²) in [5.74, 6) is 0.942. The number of rotatable bonds is 1. The molecule has 0 amide bonds. The lowest BCUT2D eigenvalue weighted by molar-refractivity contribution is -0.615. The highest BCUT2D eigenvalue weighted by Crippen LogP contribution is 2.44. The van der Waals surface area contributed by atoms with Gasteiger partial charge in [-0.25, -0.2) is 0 Å². The van der Waals surface area contributed by atoms with Crippen molar-refractivity contribution < 1.29 is 9.47 Å². The molecule has 0 radical (unpaired) electrons. The maximum atomic E-state index is 12.3. The maximum Gasteiger partial charge on any atom is 0.200 e. The maximum absolute atomic E-state index is 12.3. The summed E-state index contributed by atoms with van der Waals surface area (Å²) in [6, 6.07) is 12.0. The van der Waals surface area contributed by atoms with Gasteiger partial charge < -0.3 is 9.94 Å². The first-order chi connectivity index (χ1) is 10.7. The molecule has 1 unspecified atom stereocenters. The summed E-state index contributed by atoms with van der Waals surface area (Å²) in [5.41, 5.74) is 2.95. The molecule has 0 fully saturated rings. The summed E-state index contributed by atoms with van der Waals surface area (Å²) >= 11 is 0. The van der Waals surface area contributed by atoms with Crippen molar-refractivity contribution in [3.63, 3.8) is 0 Å². The Morgan fingerprint density at radius 3 is 2.57 bits per heavy atom. The van der Waals surface area contributed by atoms with Crippen molar-refractivity contribution in [3.05, 3.63) is 64.6 Å². The Hall–Kier alpha value is -2.03. The van der Waals surface area contributed by atoms with E-state index < -0.39 is 0 Å². The number of pyridine rings is 1. The molecule has 0 saturated heterocycles. The lowest BCUT2D eigenvalue weighted by atomic mass is 9.78. The second kappa shape index (κ2) is 5.26. The van der Waals surface area contributed by atoms with Crippen LogP contribution in [0.25, 0.3) is 0 Å². The van der Waals surface area contributed by atoms with Crippen molar-refractivity contribution in [1.29, 1.82) is 0 Å². The second-order valence-corrected chi connectivity index (χ2v) is 8.07. The molecule has 0 saturated carbocycles. The van der Waals surface area contributed by atoms with Crippen LogP contribution in [0.2, 0.25) is 0 Å². The zero-order valence-electron chi connectivity index (χ0n) is 14.6. The molecule has 3 heteroatoms. The van der Waals surface area contributed by atoms with Gasteiger partial charge in [0.15, 0.2) is 6.20 Å². The highest BCUT2D eigenvalue weighted by Gasteiger charge is 2.38. The molecule has 3 rings (SSSR count). The van der Waals surface area contributed by atoms with E-state index >= 15 is 0 Å². The first kappa shape index (κ1) is 15.9. The molecular weight excluding hydrogens is 286 g/mol. The van der Waals surface area contributed by atoms with Crippen LogP contribution in [-0.4, -0.2) is 5.60 Å². The van der Waals surface area contributed by atoms with Crippen LogP contribution in [-0.2, 0) is 5.41 Å². The predicted octanol–water partition coefficient (Wildman–Crippen LogP) is 4.31. The zero-order chi connectivity index (χ0) is 16.8. The molecule has 0 N–H and O–H groups in total. The number of benzene rings is 1. The SMILES string of the molecule is CC1(C)CC(c2cccc[n+]2[O-])c2cc(C(C)(C)C)ccc2O1. The zero-order valence-corrected chi connectivity index (χ0v) is 14.6. The quantitative estimate of drug-likeness (QED) is 0.581. The topological polar surface area (TPSA) is 36.2 Å². The fraction of sp³-hybridized carbons (Fsp3) is 0.450. The molecule has 0 bridgehead atoms. The lowest BCUT2D eigenvalue weighted by Gasteiger charge is -2.37. The molecule has 122 valence electrons. The van der Waals surface area contributed by atoms with Gasteiger partial charge in [-0.05, 0) is 37.0 Å². The molecule has 1 aromatic carbocycles. The van der Waals surface area contributed by atoms with Crippen LogP contribution in [0, 0.1) is 5.21 Å². The van der Waals surface area contributed by atoms with E-state index in [9.17, 15) is 5.21 Å². The van der Waals surface area contributed by atoms with Crippen LogP contribution >= 0.6 is 0 Å². The molecule has 2 heterocycles. The predicted molar refractivity (Wildman–Crippen MR) is 91.7 cm³/mol. The van der Waals surface area contributed by atoms with Gasteiger partial charge in [-0.3, -0.25) is 0 Å².